The maximum absolute atomic E-state index is 12.7. The van der Waals surface area contributed by atoms with Gasteiger partial charge in [0.25, 0.3) is 5.91 Å². The molecule has 1 aliphatic rings. The first-order valence-electron chi connectivity index (χ1n) is 8.48. The fourth-order valence-electron chi connectivity index (χ4n) is 3.02. The van der Waals surface area contributed by atoms with Gasteiger partial charge in [0.2, 0.25) is 0 Å². The second-order valence-electron chi connectivity index (χ2n) is 6.16. The molecule has 1 fully saturated rings. The normalized spacial score (nSPS) is 15.2. The van der Waals surface area contributed by atoms with E-state index in [1.165, 1.54) is 0 Å². The molecule has 132 valence electrons. The number of hydrogen-bond donors (Lipinski definition) is 0. The van der Waals surface area contributed by atoms with Gasteiger partial charge in [0.05, 0.1) is 0 Å². The lowest BCUT2D eigenvalue weighted by Crippen LogP contribution is -2.42. The van der Waals surface area contributed by atoms with Gasteiger partial charge in [-0.05, 0) is 36.4 Å². The second kappa shape index (κ2) is 7.25. The summed E-state index contributed by atoms with van der Waals surface area (Å²) in [7, 11) is 0. The van der Waals surface area contributed by atoms with Crippen molar-refractivity contribution in [2.24, 2.45) is 0 Å². The minimum Gasteiger partial charge on any atom is -0.490 e. The van der Waals surface area contributed by atoms with Gasteiger partial charge in [0.15, 0.2) is 5.65 Å². The van der Waals surface area contributed by atoms with Crippen molar-refractivity contribution in [3.63, 3.8) is 0 Å². The standard InChI is InChI=1S/C19H17ClN4O2/c20-13-1-3-14(4-2-13)26-15-7-11-24(12-8-15)19(25)17-6-5-16-18(23-17)22-10-9-21-16/h1-6,9-10,15H,7-8,11-12H2. The van der Waals surface area contributed by atoms with Gasteiger partial charge in [-0.1, -0.05) is 11.6 Å². The Balaban J connectivity index is 1.38. The molecule has 1 aromatic carbocycles. The minimum absolute atomic E-state index is 0.0810. The first kappa shape index (κ1) is 16.7. The van der Waals surface area contributed by atoms with Crippen LogP contribution in [0.1, 0.15) is 23.3 Å². The number of rotatable bonds is 3. The SMILES string of the molecule is O=C(c1ccc2nccnc2n1)N1CCC(Oc2ccc(Cl)cc2)CC1. The predicted octanol–water partition coefficient (Wildman–Crippen LogP) is 3.36. The number of amides is 1. The average molecular weight is 369 g/mol. The number of halogens is 1. The Kier molecular flexibility index (Phi) is 4.67. The van der Waals surface area contributed by atoms with Crippen LogP contribution in [0.4, 0.5) is 0 Å². The van der Waals surface area contributed by atoms with Gasteiger partial charge in [-0.15, -0.1) is 0 Å². The summed E-state index contributed by atoms with van der Waals surface area (Å²) in [6.45, 7) is 1.27. The molecule has 2 aromatic heterocycles. The van der Waals surface area contributed by atoms with Crippen LogP contribution in [0.3, 0.4) is 0 Å². The topological polar surface area (TPSA) is 68.2 Å². The van der Waals surface area contributed by atoms with Gasteiger partial charge < -0.3 is 9.64 Å². The molecule has 3 heterocycles. The van der Waals surface area contributed by atoms with E-state index < -0.39 is 0 Å². The van der Waals surface area contributed by atoms with Gasteiger partial charge in [0.1, 0.15) is 23.1 Å². The maximum atomic E-state index is 12.7. The molecule has 0 N–H and O–H groups in total. The van der Waals surface area contributed by atoms with Crippen molar-refractivity contribution in [3.05, 3.63) is 59.5 Å². The van der Waals surface area contributed by atoms with E-state index in [2.05, 4.69) is 15.0 Å². The molecule has 0 aliphatic carbocycles. The van der Waals surface area contributed by atoms with E-state index in [0.29, 0.717) is 35.0 Å². The molecule has 4 rings (SSSR count). The quantitative estimate of drug-likeness (QED) is 0.709. The molecule has 3 aromatic rings. The summed E-state index contributed by atoms with van der Waals surface area (Å²) < 4.78 is 5.97. The predicted molar refractivity (Wildman–Crippen MR) is 98.3 cm³/mol. The number of pyridine rings is 1. The number of carbonyl (C=O) groups excluding carboxylic acids is 1. The number of likely N-dealkylation sites (tertiary alicyclic amines) is 1. The highest BCUT2D eigenvalue weighted by molar-refractivity contribution is 6.30. The monoisotopic (exact) mass is 368 g/mol. The first-order chi connectivity index (χ1) is 12.7. The molecule has 0 atom stereocenters. The summed E-state index contributed by atoms with van der Waals surface area (Å²) in [6.07, 6.45) is 4.83. The Hall–Kier alpha value is -2.73. The van der Waals surface area contributed by atoms with Crippen molar-refractivity contribution < 1.29 is 9.53 Å². The third-order valence-corrected chi connectivity index (χ3v) is 4.65. The van der Waals surface area contributed by atoms with Crippen molar-refractivity contribution in [2.75, 3.05) is 13.1 Å². The van der Waals surface area contributed by atoms with Crippen LogP contribution in [0.25, 0.3) is 11.2 Å². The maximum Gasteiger partial charge on any atom is 0.272 e. The highest BCUT2D eigenvalue weighted by atomic mass is 35.5. The number of fused-ring (bicyclic) bond motifs is 1. The molecule has 1 amide bonds. The molecule has 0 spiro atoms. The van der Waals surface area contributed by atoms with Crippen LogP contribution in [-0.2, 0) is 0 Å². The van der Waals surface area contributed by atoms with Crippen LogP contribution in [0.15, 0.2) is 48.8 Å². The lowest BCUT2D eigenvalue weighted by molar-refractivity contribution is 0.0590. The lowest BCUT2D eigenvalue weighted by atomic mass is 10.1. The van der Waals surface area contributed by atoms with E-state index in [-0.39, 0.29) is 12.0 Å². The molecule has 7 heteroatoms. The molecular formula is C19H17ClN4O2. The van der Waals surface area contributed by atoms with Gasteiger partial charge >= 0.3 is 0 Å². The van der Waals surface area contributed by atoms with Gasteiger partial charge in [-0.3, -0.25) is 9.78 Å². The smallest absolute Gasteiger partial charge is 0.272 e. The zero-order chi connectivity index (χ0) is 17.9. The van der Waals surface area contributed by atoms with Crippen LogP contribution < -0.4 is 4.74 Å². The summed E-state index contributed by atoms with van der Waals surface area (Å²) in [5.41, 5.74) is 1.56. The van der Waals surface area contributed by atoms with E-state index in [1.807, 2.05) is 29.2 Å². The summed E-state index contributed by atoms with van der Waals surface area (Å²) in [5, 5.41) is 0.686. The van der Waals surface area contributed by atoms with E-state index in [0.717, 1.165) is 18.6 Å². The Morgan fingerprint density at radius 3 is 2.54 bits per heavy atom. The number of piperidine rings is 1. The molecule has 0 saturated carbocycles. The molecular weight excluding hydrogens is 352 g/mol. The average Bonchev–Trinajstić information content (AvgIpc) is 2.69. The van der Waals surface area contributed by atoms with E-state index in [4.69, 9.17) is 16.3 Å². The van der Waals surface area contributed by atoms with Crippen molar-refractivity contribution in [1.82, 2.24) is 19.9 Å². The molecule has 1 saturated heterocycles. The number of benzene rings is 1. The summed E-state index contributed by atoms with van der Waals surface area (Å²) in [4.78, 5) is 27.2. The molecule has 6 nitrogen and oxygen atoms in total. The van der Waals surface area contributed by atoms with Crippen LogP contribution in [0.5, 0.6) is 5.75 Å². The zero-order valence-corrected chi connectivity index (χ0v) is 14.8. The summed E-state index contributed by atoms with van der Waals surface area (Å²) >= 11 is 5.89. The highest BCUT2D eigenvalue weighted by Crippen LogP contribution is 2.22. The summed E-state index contributed by atoms with van der Waals surface area (Å²) in [6, 6.07) is 10.8. The van der Waals surface area contributed by atoms with Crippen LogP contribution in [0.2, 0.25) is 5.02 Å². The number of hydrogen-bond acceptors (Lipinski definition) is 5. The Morgan fingerprint density at radius 2 is 1.77 bits per heavy atom. The Labute approximate surface area is 155 Å². The minimum atomic E-state index is -0.0810. The fraction of sp³-hybridized carbons (Fsp3) is 0.263. The second-order valence-corrected chi connectivity index (χ2v) is 6.60. The van der Waals surface area contributed by atoms with Gasteiger partial charge in [0, 0.05) is 43.3 Å². The zero-order valence-electron chi connectivity index (χ0n) is 14.0. The highest BCUT2D eigenvalue weighted by Gasteiger charge is 2.25. The van der Waals surface area contributed by atoms with Gasteiger partial charge in [-0.25, -0.2) is 9.97 Å². The van der Waals surface area contributed by atoms with E-state index >= 15 is 0 Å². The largest absolute Gasteiger partial charge is 0.490 e. The molecule has 0 bridgehead atoms. The van der Waals surface area contributed by atoms with Crippen LogP contribution >= 0.6 is 11.6 Å². The molecule has 0 unspecified atom stereocenters. The lowest BCUT2D eigenvalue weighted by Gasteiger charge is -2.32. The third kappa shape index (κ3) is 3.60. The first-order valence-corrected chi connectivity index (χ1v) is 8.86. The van der Waals surface area contributed by atoms with Gasteiger partial charge in [-0.2, -0.15) is 0 Å². The number of nitrogens with zero attached hydrogens (tertiary/aromatic N) is 4. The third-order valence-electron chi connectivity index (χ3n) is 4.40. The molecule has 26 heavy (non-hydrogen) atoms. The Bertz CT molecular complexity index is 924. The number of carbonyl (C=O) groups is 1. The van der Waals surface area contributed by atoms with Crippen LogP contribution in [0, 0.1) is 0 Å². The fourth-order valence-corrected chi connectivity index (χ4v) is 3.14. The van der Waals surface area contributed by atoms with E-state index in [9.17, 15) is 4.79 Å². The number of ether oxygens (including phenoxy) is 1. The number of aromatic nitrogens is 3. The molecule has 1 aliphatic heterocycles. The van der Waals surface area contributed by atoms with Crippen molar-refractivity contribution in [2.45, 2.75) is 18.9 Å². The van der Waals surface area contributed by atoms with Crippen molar-refractivity contribution in [3.8, 4) is 5.75 Å². The summed E-state index contributed by atoms with van der Waals surface area (Å²) in [5.74, 6) is 0.719. The Morgan fingerprint density at radius 1 is 1.04 bits per heavy atom. The van der Waals surface area contributed by atoms with Crippen LogP contribution in [-0.4, -0.2) is 45.0 Å². The van der Waals surface area contributed by atoms with Crippen molar-refractivity contribution in [1.29, 1.82) is 0 Å². The van der Waals surface area contributed by atoms with Crippen molar-refractivity contribution >= 4 is 28.7 Å². The molecule has 0 radical (unpaired) electrons. The van der Waals surface area contributed by atoms with E-state index in [1.54, 1.807) is 24.5 Å².